The maximum atomic E-state index is 4.34. The molecule has 0 atom stereocenters. The third-order valence-corrected chi connectivity index (χ3v) is 9.36. The van der Waals surface area contributed by atoms with Gasteiger partial charge in [-0.2, -0.15) is 0 Å². The van der Waals surface area contributed by atoms with E-state index in [-0.39, 0.29) is 0 Å². The highest BCUT2D eigenvalue weighted by Gasteiger charge is 2.17. The van der Waals surface area contributed by atoms with Crippen LogP contribution in [0.2, 0.25) is 0 Å². The molecule has 186 valence electrons. The quantitative estimate of drug-likeness (QED) is 0.232. The highest BCUT2D eigenvalue weighted by atomic mass is 31.1. The van der Waals surface area contributed by atoms with Crippen LogP contribution in [-0.4, -0.2) is 18.6 Å². The van der Waals surface area contributed by atoms with E-state index in [1.54, 1.807) is 0 Å². The van der Waals surface area contributed by atoms with E-state index < -0.39 is 7.85 Å². The Morgan fingerprint density at radius 3 is 1.36 bits per heavy atom. The second kappa shape index (κ2) is 10.1. The van der Waals surface area contributed by atoms with Gasteiger partial charge in [-0.3, -0.25) is 18.6 Å². The van der Waals surface area contributed by atoms with Crippen LogP contribution >= 0.6 is 7.85 Å². The van der Waals surface area contributed by atoms with Gasteiger partial charge >= 0.3 is 0 Å². The molecular weight excluding hydrogens is 495 g/mol. The highest BCUT2D eigenvalue weighted by Crippen LogP contribution is 2.47. The maximum absolute atomic E-state index is 4.34. The molecule has 0 aliphatic heterocycles. The second-order valence-electron chi connectivity index (χ2n) is 9.27. The topological polar surface area (TPSA) is 35.6 Å². The predicted molar refractivity (Wildman–Crippen MR) is 163 cm³/mol. The van der Waals surface area contributed by atoms with Gasteiger partial charge in [0.15, 0.2) is 0 Å². The molecule has 0 saturated carbocycles. The number of fused-ring (bicyclic) bond motifs is 3. The zero-order valence-corrected chi connectivity index (χ0v) is 22.1. The summed E-state index contributed by atoms with van der Waals surface area (Å²) in [5, 5.41) is 3.65. The number of para-hydroxylation sites is 2. The molecule has 0 saturated heterocycles. The van der Waals surface area contributed by atoms with Gasteiger partial charge in [0.1, 0.15) is 0 Å². The van der Waals surface area contributed by atoms with E-state index in [1.807, 2.05) is 24.8 Å². The second-order valence-corrected chi connectivity index (χ2v) is 11.2. The summed E-state index contributed by atoms with van der Waals surface area (Å²) >= 11 is 0. The lowest BCUT2D eigenvalue weighted by molar-refractivity contribution is 1.16. The number of aromatic nitrogens is 4. The van der Waals surface area contributed by atoms with E-state index in [0.29, 0.717) is 0 Å². The molecule has 3 aromatic heterocycles. The van der Waals surface area contributed by atoms with Gasteiger partial charge in [0, 0.05) is 40.9 Å². The highest BCUT2D eigenvalue weighted by molar-refractivity contribution is 7.51. The first-order valence-corrected chi connectivity index (χ1v) is 14.2. The zero-order chi connectivity index (χ0) is 26.0. The molecule has 7 aromatic rings. The lowest BCUT2D eigenvalue weighted by atomic mass is 10.1. The normalized spacial score (nSPS) is 11.1. The van der Waals surface area contributed by atoms with Gasteiger partial charge in [0.2, 0.25) is 0 Å². The molecule has 7 rings (SSSR count). The molecule has 39 heavy (non-hydrogen) atoms. The fraction of sp³-hybridized carbons (Fsp3) is 0. The first-order chi connectivity index (χ1) is 19.4. The standard InChI is InChI=1S/C34H25N4P/c1-2-8-26(9-3-1)27-14-16-30(17-15-27)39-37(28-18-22-35-23-19-28)33-12-6-4-10-31(33)32-11-5-7-13-34(32)38(39)29-20-24-36-25-21-29/h1-25H. The van der Waals surface area contributed by atoms with Crippen molar-refractivity contribution < 1.29 is 0 Å². The minimum absolute atomic E-state index is 1.10. The number of hydrogen-bond donors (Lipinski definition) is 0. The van der Waals surface area contributed by atoms with Crippen molar-refractivity contribution in [1.29, 1.82) is 0 Å². The van der Waals surface area contributed by atoms with Crippen LogP contribution in [0.3, 0.4) is 0 Å². The Bertz CT molecular complexity index is 1830. The summed E-state index contributed by atoms with van der Waals surface area (Å²) < 4.78 is 4.98. The summed E-state index contributed by atoms with van der Waals surface area (Å²) in [7, 11) is -1.12. The fourth-order valence-electron chi connectivity index (χ4n) is 5.18. The van der Waals surface area contributed by atoms with Crippen LogP contribution in [0.25, 0.3) is 49.6 Å². The summed E-state index contributed by atoms with van der Waals surface area (Å²) in [6, 6.07) is 45.4. The molecule has 4 nitrogen and oxygen atoms in total. The minimum atomic E-state index is -1.12. The lowest BCUT2D eigenvalue weighted by Crippen LogP contribution is -2.00. The Kier molecular flexibility index (Phi) is 6.01. The van der Waals surface area contributed by atoms with Crippen LogP contribution in [0.4, 0.5) is 0 Å². The van der Waals surface area contributed by atoms with Crippen molar-refractivity contribution in [2.24, 2.45) is 0 Å². The molecular formula is C34H25N4P. The van der Waals surface area contributed by atoms with Gasteiger partial charge in [-0.05, 0) is 59.7 Å². The largest absolute Gasteiger partial charge is 0.283 e. The molecule has 5 heteroatoms. The summed E-state index contributed by atoms with van der Waals surface area (Å²) in [5.41, 5.74) is 6.96. The Morgan fingerprint density at radius 1 is 0.410 bits per heavy atom. The van der Waals surface area contributed by atoms with Crippen LogP contribution in [0.5, 0.6) is 0 Å². The lowest BCUT2D eigenvalue weighted by Gasteiger charge is -2.21. The molecule has 3 heterocycles. The van der Waals surface area contributed by atoms with E-state index in [9.17, 15) is 0 Å². The Labute approximate surface area is 228 Å². The van der Waals surface area contributed by atoms with Crippen LogP contribution in [0, 0.1) is 0 Å². The number of hydrogen-bond acceptors (Lipinski definition) is 2. The smallest absolute Gasteiger partial charge is 0.0684 e. The molecule has 0 bridgehead atoms. The third-order valence-electron chi connectivity index (χ3n) is 6.95. The minimum Gasteiger partial charge on any atom is -0.283 e. The van der Waals surface area contributed by atoms with E-state index in [4.69, 9.17) is 0 Å². The first kappa shape index (κ1) is 23.2. The summed E-state index contributed by atoms with van der Waals surface area (Å²) in [5.74, 6) is 0. The van der Waals surface area contributed by atoms with Crippen LogP contribution in [0.1, 0.15) is 0 Å². The van der Waals surface area contributed by atoms with Crippen molar-refractivity contribution in [1.82, 2.24) is 18.6 Å². The zero-order valence-electron chi connectivity index (χ0n) is 21.2. The van der Waals surface area contributed by atoms with Crippen LogP contribution in [-0.2, 0) is 0 Å². The molecule has 0 spiro atoms. The Hall–Kier alpha value is -4.92. The monoisotopic (exact) mass is 520 g/mol. The first-order valence-electron chi connectivity index (χ1n) is 12.9. The van der Waals surface area contributed by atoms with E-state index in [2.05, 4.69) is 146 Å². The van der Waals surface area contributed by atoms with Gasteiger partial charge in [-0.25, -0.2) is 0 Å². The van der Waals surface area contributed by atoms with Crippen LogP contribution in [0.15, 0.2) is 152 Å². The fourth-order valence-corrected chi connectivity index (χ4v) is 7.70. The molecule has 0 amide bonds. The Morgan fingerprint density at radius 2 is 0.846 bits per heavy atom. The molecule has 0 unspecified atom stereocenters. The van der Waals surface area contributed by atoms with E-state index in [1.165, 1.54) is 38.2 Å². The van der Waals surface area contributed by atoms with Gasteiger partial charge in [-0.15, -0.1) is 0 Å². The van der Waals surface area contributed by atoms with Crippen molar-refractivity contribution >= 4 is 29.7 Å². The molecule has 4 aromatic carbocycles. The van der Waals surface area contributed by atoms with Gasteiger partial charge in [0.05, 0.1) is 30.3 Å². The molecule has 0 aliphatic carbocycles. The van der Waals surface area contributed by atoms with Gasteiger partial charge in [0.25, 0.3) is 0 Å². The molecule has 0 aliphatic rings. The van der Waals surface area contributed by atoms with E-state index in [0.717, 1.165) is 11.4 Å². The molecule has 0 N–H and O–H groups in total. The average Bonchev–Trinajstić information content (AvgIpc) is 3.15. The van der Waals surface area contributed by atoms with Crippen molar-refractivity contribution in [3.8, 4) is 27.8 Å². The van der Waals surface area contributed by atoms with Gasteiger partial charge in [-0.1, -0.05) is 78.9 Å². The van der Waals surface area contributed by atoms with Crippen molar-refractivity contribution in [2.45, 2.75) is 0 Å². The van der Waals surface area contributed by atoms with Gasteiger partial charge < -0.3 is 0 Å². The average molecular weight is 521 g/mol. The molecule has 0 radical (unpaired) electrons. The summed E-state index contributed by atoms with van der Waals surface area (Å²) in [6.45, 7) is 0. The SMILES string of the molecule is c1ccc(-c2ccc(-p3n(-c4ccncc4)c4ccccc4c4ccccc4n3-c3ccncc3)cc2)cc1. The number of nitrogens with zero attached hydrogens (tertiary/aromatic N) is 4. The van der Waals surface area contributed by atoms with Crippen LogP contribution < -0.4 is 0 Å². The number of benzene rings is 4. The van der Waals surface area contributed by atoms with E-state index >= 15 is 0 Å². The summed E-state index contributed by atoms with van der Waals surface area (Å²) in [4.78, 5) is 8.68. The van der Waals surface area contributed by atoms with Crippen molar-refractivity contribution in [3.05, 3.63) is 152 Å². The van der Waals surface area contributed by atoms with Crippen molar-refractivity contribution in [3.63, 3.8) is 0 Å². The Balaban J connectivity index is 1.68. The predicted octanol–water partition coefficient (Wildman–Crippen LogP) is 9.13. The number of pyridine rings is 2. The molecule has 0 fully saturated rings. The third kappa shape index (κ3) is 4.21. The number of rotatable bonds is 4. The van der Waals surface area contributed by atoms with Crippen molar-refractivity contribution in [2.75, 3.05) is 0 Å². The summed E-state index contributed by atoms with van der Waals surface area (Å²) in [6.07, 6.45) is 7.50. The maximum Gasteiger partial charge on any atom is 0.0684 e.